The summed E-state index contributed by atoms with van der Waals surface area (Å²) in [6, 6.07) is 2.35. The molecule has 4 heteroatoms. The van der Waals surface area contributed by atoms with E-state index in [0.717, 1.165) is 11.6 Å². The standard InChI is InChI=1S/C11H11BrF2O/c1-6(2)5-9(15)7-3-4-8(13)11(14)10(7)12/h3-4,9,15H,1,5H2,2H3. The third-order valence-electron chi connectivity index (χ3n) is 1.97. The Hall–Kier alpha value is -0.740. The van der Waals surface area contributed by atoms with E-state index < -0.39 is 17.7 Å². The van der Waals surface area contributed by atoms with Gasteiger partial charge >= 0.3 is 0 Å². The predicted molar refractivity (Wildman–Crippen MR) is 58.4 cm³/mol. The fraction of sp³-hybridized carbons (Fsp3) is 0.273. The minimum Gasteiger partial charge on any atom is -0.388 e. The van der Waals surface area contributed by atoms with Gasteiger partial charge in [-0.05, 0) is 40.9 Å². The monoisotopic (exact) mass is 276 g/mol. The molecule has 1 atom stereocenters. The van der Waals surface area contributed by atoms with Gasteiger partial charge in [-0.1, -0.05) is 11.6 Å². The Balaban J connectivity index is 3.05. The maximum Gasteiger partial charge on any atom is 0.173 e. The highest BCUT2D eigenvalue weighted by atomic mass is 79.9. The third-order valence-corrected chi connectivity index (χ3v) is 2.77. The first-order valence-electron chi connectivity index (χ1n) is 4.39. The second kappa shape index (κ2) is 4.86. The Bertz CT molecular complexity index is 390. The van der Waals surface area contributed by atoms with E-state index in [4.69, 9.17) is 0 Å². The number of halogens is 3. The molecule has 0 bridgehead atoms. The highest BCUT2D eigenvalue weighted by molar-refractivity contribution is 9.10. The molecule has 1 N–H and O–H groups in total. The first-order valence-corrected chi connectivity index (χ1v) is 5.18. The number of hydrogen-bond donors (Lipinski definition) is 1. The smallest absolute Gasteiger partial charge is 0.173 e. The van der Waals surface area contributed by atoms with Crippen LogP contribution in [-0.2, 0) is 0 Å². The van der Waals surface area contributed by atoms with E-state index in [0.29, 0.717) is 12.0 Å². The first-order chi connectivity index (χ1) is 6.93. The lowest BCUT2D eigenvalue weighted by Gasteiger charge is -2.13. The van der Waals surface area contributed by atoms with Crippen molar-refractivity contribution in [3.8, 4) is 0 Å². The van der Waals surface area contributed by atoms with Crippen molar-refractivity contribution in [2.24, 2.45) is 0 Å². The molecule has 1 aromatic rings. The summed E-state index contributed by atoms with van der Waals surface area (Å²) in [4.78, 5) is 0. The van der Waals surface area contributed by atoms with E-state index in [9.17, 15) is 13.9 Å². The molecule has 0 saturated heterocycles. The Kier molecular flexibility index (Phi) is 3.99. The molecule has 15 heavy (non-hydrogen) atoms. The Labute approximate surface area is 95.6 Å². The molecule has 1 unspecified atom stereocenters. The molecule has 0 saturated carbocycles. The molecule has 0 radical (unpaired) electrons. The van der Waals surface area contributed by atoms with E-state index in [1.54, 1.807) is 6.92 Å². The van der Waals surface area contributed by atoms with Gasteiger partial charge < -0.3 is 5.11 Å². The van der Waals surface area contributed by atoms with Crippen molar-refractivity contribution in [2.45, 2.75) is 19.4 Å². The van der Waals surface area contributed by atoms with Crippen molar-refractivity contribution in [2.75, 3.05) is 0 Å². The number of rotatable bonds is 3. The van der Waals surface area contributed by atoms with Crippen LogP contribution in [0.3, 0.4) is 0 Å². The molecule has 0 aliphatic rings. The van der Waals surface area contributed by atoms with Crippen LogP contribution in [0.1, 0.15) is 25.0 Å². The van der Waals surface area contributed by atoms with Gasteiger partial charge in [0.2, 0.25) is 0 Å². The van der Waals surface area contributed by atoms with Crippen LogP contribution in [0.25, 0.3) is 0 Å². The fourth-order valence-corrected chi connectivity index (χ4v) is 1.82. The van der Waals surface area contributed by atoms with Crippen molar-refractivity contribution in [1.82, 2.24) is 0 Å². The predicted octanol–water partition coefficient (Wildman–Crippen LogP) is 3.73. The summed E-state index contributed by atoms with van der Waals surface area (Å²) in [5, 5.41) is 9.71. The number of hydrogen-bond acceptors (Lipinski definition) is 1. The number of benzene rings is 1. The van der Waals surface area contributed by atoms with Crippen molar-refractivity contribution in [3.05, 3.63) is 46.0 Å². The Morgan fingerprint density at radius 2 is 2.13 bits per heavy atom. The summed E-state index contributed by atoms with van der Waals surface area (Å²) < 4.78 is 25.9. The quantitative estimate of drug-likeness (QED) is 0.659. The molecular weight excluding hydrogens is 266 g/mol. The molecular formula is C11H11BrF2O. The number of aliphatic hydroxyl groups is 1. The second-order valence-electron chi connectivity index (χ2n) is 3.44. The average Bonchev–Trinajstić information content (AvgIpc) is 2.13. The van der Waals surface area contributed by atoms with E-state index in [1.165, 1.54) is 6.07 Å². The van der Waals surface area contributed by atoms with Gasteiger partial charge in [0, 0.05) is 0 Å². The van der Waals surface area contributed by atoms with Crippen LogP contribution in [0, 0.1) is 11.6 Å². The van der Waals surface area contributed by atoms with Gasteiger partial charge in [-0.15, -0.1) is 6.58 Å². The largest absolute Gasteiger partial charge is 0.388 e. The first kappa shape index (κ1) is 12.3. The van der Waals surface area contributed by atoms with Gasteiger partial charge in [0.25, 0.3) is 0 Å². The van der Waals surface area contributed by atoms with Crippen LogP contribution >= 0.6 is 15.9 Å². The van der Waals surface area contributed by atoms with Crippen molar-refractivity contribution >= 4 is 15.9 Å². The fourth-order valence-electron chi connectivity index (χ4n) is 1.24. The summed E-state index contributed by atoms with van der Waals surface area (Å²) in [6.07, 6.45) is -0.545. The average molecular weight is 277 g/mol. The minimum absolute atomic E-state index is 0.0312. The van der Waals surface area contributed by atoms with Crippen LogP contribution < -0.4 is 0 Å². The van der Waals surface area contributed by atoms with E-state index in [-0.39, 0.29) is 4.47 Å². The summed E-state index contributed by atoms with van der Waals surface area (Å²) in [5.41, 5.74) is 1.11. The summed E-state index contributed by atoms with van der Waals surface area (Å²) in [6.45, 7) is 5.41. The summed E-state index contributed by atoms with van der Waals surface area (Å²) >= 11 is 2.92. The van der Waals surface area contributed by atoms with Gasteiger partial charge in [-0.3, -0.25) is 0 Å². The van der Waals surface area contributed by atoms with Gasteiger partial charge in [0.05, 0.1) is 10.6 Å². The van der Waals surface area contributed by atoms with Gasteiger partial charge in [0.15, 0.2) is 11.6 Å². The van der Waals surface area contributed by atoms with Gasteiger partial charge in [-0.2, -0.15) is 0 Å². The zero-order chi connectivity index (χ0) is 11.6. The molecule has 0 fully saturated rings. The van der Waals surface area contributed by atoms with Crippen LogP contribution in [0.4, 0.5) is 8.78 Å². The Morgan fingerprint density at radius 3 is 2.67 bits per heavy atom. The number of aliphatic hydroxyl groups excluding tert-OH is 1. The minimum atomic E-state index is -0.978. The second-order valence-corrected chi connectivity index (χ2v) is 4.23. The molecule has 1 nitrogen and oxygen atoms in total. The zero-order valence-electron chi connectivity index (χ0n) is 8.23. The van der Waals surface area contributed by atoms with Gasteiger partial charge in [0.1, 0.15) is 0 Å². The van der Waals surface area contributed by atoms with Crippen molar-refractivity contribution in [1.29, 1.82) is 0 Å². The SMILES string of the molecule is C=C(C)CC(O)c1ccc(F)c(F)c1Br. The summed E-state index contributed by atoms with van der Waals surface area (Å²) in [5.74, 6) is -1.92. The highest BCUT2D eigenvalue weighted by Gasteiger charge is 2.16. The molecule has 1 rings (SSSR count). The normalized spacial score (nSPS) is 12.6. The molecule has 0 aromatic heterocycles. The Morgan fingerprint density at radius 1 is 1.53 bits per heavy atom. The third kappa shape index (κ3) is 2.86. The maximum absolute atomic E-state index is 13.1. The lowest BCUT2D eigenvalue weighted by atomic mass is 10.0. The highest BCUT2D eigenvalue weighted by Crippen LogP contribution is 2.30. The molecule has 0 aliphatic carbocycles. The zero-order valence-corrected chi connectivity index (χ0v) is 9.81. The molecule has 0 amide bonds. The molecule has 0 heterocycles. The van der Waals surface area contributed by atoms with Crippen molar-refractivity contribution < 1.29 is 13.9 Å². The lowest BCUT2D eigenvalue weighted by molar-refractivity contribution is 0.177. The van der Waals surface area contributed by atoms with E-state index in [2.05, 4.69) is 22.5 Å². The van der Waals surface area contributed by atoms with Crippen LogP contribution in [-0.4, -0.2) is 5.11 Å². The van der Waals surface area contributed by atoms with E-state index in [1.807, 2.05) is 0 Å². The summed E-state index contributed by atoms with van der Waals surface area (Å²) in [7, 11) is 0. The topological polar surface area (TPSA) is 20.2 Å². The molecule has 82 valence electrons. The molecule has 1 aromatic carbocycles. The van der Waals surface area contributed by atoms with E-state index >= 15 is 0 Å². The van der Waals surface area contributed by atoms with Gasteiger partial charge in [-0.25, -0.2) is 8.78 Å². The lowest BCUT2D eigenvalue weighted by Crippen LogP contribution is -2.01. The van der Waals surface area contributed by atoms with Crippen LogP contribution in [0.5, 0.6) is 0 Å². The molecule has 0 aliphatic heterocycles. The van der Waals surface area contributed by atoms with Crippen LogP contribution in [0.2, 0.25) is 0 Å². The maximum atomic E-state index is 13.1. The molecule has 0 spiro atoms. The van der Waals surface area contributed by atoms with Crippen molar-refractivity contribution in [3.63, 3.8) is 0 Å². The van der Waals surface area contributed by atoms with Crippen LogP contribution in [0.15, 0.2) is 28.8 Å².